The van der Waals surface area contributed by atoms with Gasteiger partial charge in [0, 0.05) is 12.0 Å². The van der Waals surface area contributed by atoms with Crippen LogP contribution in [0.1, 0.15) is 18.4 Å². The second-order valence-electron chi connectivity index (χ2n) is 4.32. The van der Waals surface area contributed by atoms with Crippen LogP contribution < -0.4 is 5.32 Å². The maximum absolute atomic E-state index is 13.1. The van der Waals surface area contributed by atoms with Crippen LogP contribution in [0.25, 0.3) is 11.4 Å². The summed E-state index contributed by atoms with van der Waals surface area (Å²) >= 11 is 0. The second-order valence-corrected chi connectivity index (χ2v) is 4.32. The van der Waals surface area contributed by atoms with Gasteiger partial charge in [-0.25, -0.2) is 8.78 Å². The molecule has 1 N–H and O–H groups in total. The van der Waals surface area contributed by atoms with Crippen LogP contribution in [0.3, 0.4) is 0 Å². The lowest BCUT2D eigenvalue weighted by Crippen LogP contribution is -2.19. The number of nitrogens with one attached hydrogen (secondary N) is 1. The SMILES string of the molecule is FC1(F)CNC(c2nc(-c3ccccc3)no2)C1. The first-order valence-corrected chi connectivity index (χ1v) is 5.64. The number of halogens is 2. The summed E-state index contributed by atoms with van der Waals surface area (Å²) in [6, 6.07) is 8.70. The van der Waals surface area contributed by atoms with E-state index in [1.54, 1.807) is 0 Å². The number of alkyl halides is 2. The largest absolute Gasteiger partial charge is 0.337 e. The molecule has 0 amide bonds. The molecule has 94 valence electrons. The van der Waals surface area contributed by atoms with Gasteiger partial charge in [0.2, 0.25) is 11.7 Å². The van der Waals surface area contributed by atoms with E-state index in [2.05, 4.69) is 15.5 Å². The lowest BCUT2D eigenvalue weighted by molar-refractivity contribution is 0.0200. The Kier molecular flexibility index (Phi) is 2.59. The molecule has 1 fully saturated rings. The minimum absolute atomic E-state index is 0.214. The summed E-state index contributed by atoms with van der Waals surface area (Å²) in [7, 11) is 0. The van der Waals surface area contributed by atoms with E-state index in [-0.39, 0.29) is 18.9 Å². The Morgan fingerprint density at radius 2 is 2.06 bits per heavy atom. The zero-order valence-electron chi connectivity index (χ0n) is 9.44. The number of nitrogens with zero attached hydrogens (tertiary/aromatic N) is 2. The Morgan fingerprint density at radius 1 is 1.28 bits per heavy atom. The van der Waals surface area contributed by atoms with Gasteiger partial charge in [-0.15, -0.1) is 0 Å². The normalized spacial score (nSPS) is 22.2. The molecule has 0 aliphatic carbocycles. The molecule has 0 spiro atoms. The highest BCUT2D eigenvalue weighted by Gasteiger charge is 2.42. The van der Waals surface area contributed by atoms with Gasteiger partial charge >= 0.3 is 0 Å². The van der Waals surface area contributed by atoms with Crippen molar-refractivity contribution in [2.75, 3.05) is 6.54 Å². The summed E-state index contributed by atoms with van der Waals surface area (Å²) in [5.41, 5.74) is 0.803. The number of aromatic nitrogens is 2. The van der Waals surface area contributed by atoms with Crippen molar-refractivity contribution in [1.29, 1.82) is 0 Å². The van der Waals surface area contributed by atoms with E-state index in [9.17, 15) is 8.78 Å². The summed E-state index contributed by atoms with van der Waals surface area (Å²) in [6.07, 6.45) is -0.302. The van der Waals surface area contributed by atoms with Crippen LogP contribution in [0.4, 0.5) is 8.78 Å². The maximum atomic E-state index is 13.1. The van der Waals surface area contributed by atoms with E-state index >= 15 is 0 Å². The smallest absolute Gasteiger partial charge is 0.262 e. The van der Waals surface area contributed by atoms with Crippen LogP contribution in [-0.2, 0) is 0 Å². The molecule has 2 heterocycles. The van der Waals surface area contributed by atoms with Crippen molar-refractivity contribution in [2.45, 2.75) is 18.4 Å². The predicted molar refractivity (Wildman–Crippen MR) is 60.0 cm³/mol. The van der Waals surface area contributed by atoms with Gasteiger partial charge in [-0.2, -0.15) is 4.98 Å². The van der Waals surface area contributed by atoms with Crippen LogP contribution in [0.5, 0.6) is 0 Å². The zero-order chi connectivity index (χ0) is 12.6. The summed E-state index contributed by atoms with van der Waals surface area (Å²) < 4.78 is 31.2. The molecule has 3 rings (SSSR count). The number of benzene rings is 1. The van der Waals surface area contributed by atoms with Crippen molar-refractivity contribution in [3.63, 3.8) is 0 Å². The quantitative estimate of drug-likeness (QED) is 0.890. The van der Waals surface area contributed by atoms with Crippen molar-refractivity contribution in [2.24, 2.45) is 0 Å². The fraction of sp³-hybridized carbons (Fsp3) is 0.333. The predicted octanol–water partition coefficient (Wildman–Crippen LogP) is 2.41. The van der Waals surface area contributed by atoms with Gasteiger partial charge in [-0.05, 0) is 0 Å². The van der Waals surface area contributed by atoms with Gasteiger partial charge in [0.25, 0.3) is 5.92 Å². The van der Waals surface area contributed by atoms with E-state index in [0.717, 1.165) is 5.56 Å². The second kappa shape index (κ2) is 4.13. The van der Waals surface area contributed by atoms with Crippen molar-refractivity contribution in [1.82, 2.24) is 15.5 Å². The third kappa shape index (κ3) is 2.11. The minimum Gasteiger partial charge on any atom is -0.337 e. The van der Waals surface area contributed by atoms with Crippen LogP contribution in [0.15, 0.2) is 34.9 Å². The summed E-state index contributed by atoms with van der Waals surface area (Å²) in [5.74, 6) is -2.07. The van der Waals surface area contributed by atoms with Crippen molar-refractivity contribution in [3.8, 4) is 11.4 Å². The van der Waals surface area contributed by atoms with Gasteiger partial charge in [-0.1, -0.05) is 35.5 Å². The Morgan fingerprint density at radius 3 is 2.72 bits per heavy atom. The van der Waals surface area contributed by atoms with Crippen LogP contribution in [0, 0.1) is 0 Å². The molecule has 1 unspecified atom stereocenters. The molecule has 0 saturated carbocycles. The van der Waals surface area contributed by atoms with Gasteiger partial charge < -0.3 is 4.52 Å². The van der Waals surface area contributed by atoms with Crippen LogP contribution >= 0.6 is 0 Å². The lowest BCUT2D eigenvalue weighted by atomic mass is 10.2. The number of rotatable bonds is 2. The Hall–Kier alpha value is -1.82. The summed E-state index contributed by atoms with van der Waals surface area (Å²) in [6.45, 7) is -0.347. The van der Waals surface area contributed by atoms with E-state index in [1.165, 1.54) is 0 Å². The van der Waals surface area contributed by atoms with E-state index in [4.69, 9.17) is 4.52 Å². The molecule has 1 aromatic carbocycles. The van der Waals surface area contributed by atoms with Crippen LogP contribution in [-0.4, -0.2) is 22.6 Å². The maximum Gasteiger partial charge on any atom is 0.262 e. The van der Waals surface area contributed by atoms with Gasteiger partial charge in [0.05, 0.1) is 12.6 Å². The van der Waals surface area contributed by atoms with E-state index in [0.29, 0.717) is 5.82 Å². The molecule has 0 radical (unpaired) electrons. The average Bonchev–Trinajstić information content (AvgIpc) is 2.96. The molecule has 1 aromatic heterocycles. The summed E-state index contributed by atoms with van der Waals surface area (Å²) in [5, 5.41) is 6.49. The Bertz CT molecular complexity index is 541. The fourth-order valence-corrected chi connectivity index (χ4v) is 1.97. The molecule has 6 heteroatoms. The van der Waals surface area contributed by atoms with Crippen LogP contribution in [0.2, 0.25) is 0 Å². The van der Waals surface area contributed by atoms with Gasteiger partial charge in [-0.3, -0.25) is 5.32 Å². The highest BCUT2D eigenvalue weighted by molar-refractivity contribution is 5.53. The molecule has 1 atom stereocenters. The molecule has 1 aliphatic heterocycles. The molecule has 1 saturated heterocycles. The molecule has 4 nitrogen and oxygen atoms in total. The summed E-state index contributed by atoms with van der Waals surface area (Å²) in [4.78, 5) is 4.15. The highest BCUT2D eigenvalue weighted by Crippen LogP contribution is 2.33. The first-order valence-electron chi connectivity index (χ1n) is 5.64. The van der Waals surface area contributed by atoms with Crippen molar-refractivity contribution >= 4 is 0 Å². The molecule has 0 bridgehead atoms. The van der Waals surface area contributed by atoms with Crippen molar-refractivity contribution < 1.29 is 13.3 Å². The van der Waals surface area contributed by atoms with Gasteiger partial charge in [0.1, 0.15) is 0 Å². The van der Waals surface area contributed by atoms with E-state index < -0.39 is 12.0 Å². The minimum atomic E-state index is -2.70. The van der Waals surface area contributed by atoms with Gasteiger partial charge in [0.15, 0.2) is 0 Å². The van der Waals surface area contributed by atoms with E-state index in [1.807, 2.05) is 30.3 Å². The first kappa shape index (κ1) is 11.3. The fourth-order valence-electron chi connectivity index (χ4n) is 1.97. The molecule has 2 aromatic rings. The molecular formula is C12H11F2N3O. The standard InChI is InChI=1S/C12H11F2N3O/c13-12(14)6-9(15-7-12)11-16-10(17-18-11)8-4-2-1-3-5-8/h1-5,9,15H,6-7H2. The number of hydrogen-bond donors (Lipinski definition) is 1. The Balaban J connectivity index is 1.83. The number of hydrogen-bond acceptors (Lipinski definition) is 4. The first-order chi connectivity index (χ1) is 8.64. The zero-order valence-corrected chi connectivity index (χ0v) is 9.44. The molecule has 1 aliphatic rings. The Labute approximate surface area is 102 Å². The molecule has 18 heavy (non-hydrogen) atoms. The molecular weight excluding hydrogens is 240 g/mol. The lowest BCUT2D eigenvalue weighted by Gasteiger charge is -2.04. The third-order valence-electron chi connectivity index (χ3n) is 2.88. The monoisotopic (exact) mass is 251 g/mol. The topological polar surface area (TPSA) is 51.0 Å². The average molecular weight is 251 g/mol. The third-order valence-corrected chi connectivity index (χ3v) is 2.88. The van der Waals surface area contributed by atoms with Crippen molar-refractivity contribution in [3.05, 3.63) is 36.2 Å². The highest BCUT2D eigenvalue weighted by atomic mass is 19.3.